The number of aliphatic hydroxyl groups is 1. The number of hydrogen-bond donors (Lipinski definition) is 2. The molecule has 2 N–H and O–H groups in total. The zero-order chi connectivity index (χ0) is 15.6. The molecule has 0 saturated heterocycles. The van der Waals surface area contributed by atoms with Crippen molar-refractivity contribution < 1.29 is 22.3 Å². The van der Waals surface area contributed by atoms with Gasteiger partial charge in [0.2, 0.25) is 10.0 Å². The number of thiazole rings is 1. The maximum absolute atomic E-state index is 13.9. The third kappa shape index (κ3) is 3.43. The third-order valence-corrected chi connectivity index (χ3v) is 5.01. The maximum atomic E-state index is 13.9. The van der Waals surface area contributed by atoms with Crippen molar-refractivity contribution in [2.24, 2.45) is 0 Å². The summed E-state index contributed by atoms with van der Waals surface area (Å²) >= 11 is 1.31. The number of hydrogen-bond acceptors (Lipinski definition) is 5. The molecule has 2 rings (SSSR count). The molecular formula is C12H12F2N2O3S2. The van der Waals surface area contributed by atoms with Crippen LogP contribution in [0.5, 0.6) is 0 Å². The smallest absolute Gasteiger partial charge is 0.243 e. The van der Waals surface area contributed by atoms with Crippen LogP contribution < -0.4 is 4.72 Å². The first-order valence-corrected chi connectivity index (χ1v) is 8.14. The molecule has 0 unspecified atom stereocenters. The normalized spacial score (nSPS) is 11.8. The van der Waals surface area contributed by atoms with Crippen molar-refractivity contribution in [3.8, 4) is 0 Å². The van der Waals surface area contributed by atoms with Crippen LogP contribution in [0.1, 0.15) is 15.4 Å². The predicted octanol–water partition coefficient (Wildman–Crippen LogP) is 1.70. The molecule has 2 aromatic rings. The van der Waals surface area contributed by atoms with Crippen LogP contribution >= 0.6 is 11.3 Å². The SMILES string of the molecule is Cc1cnc(CNS(=O)(=O)c2ccc(F)c(CO)c2F)s1. The van der Waals surface area contributed by atoms with Gasteiger partial charge in [0, 0.05) is 11.1 Å². The zero-order valence-electron chi connectivity index (χ0n) is 10.9. The van der Waals surface area contributed by atoms with E-state index in [0.717, 1.165) is 17.0 Å². The van der Waals surface area contributed by atoms with Crippen molar-refractivity contribution in [3.05, 3.63) is 45.4 Å². The second kappa shape index (κ2) is 6.14. The molecule has 0 aliphatic carbocycles. The van der Waals surface area contributed by atoms with Crippen LogP contribution in [-0.4, -0.2) is 18.5 Å². The van der Waals surface area contributed by atoms with Crippen molar-refractivity contribution in [2.45, 2.75) is 25.0 Å². The fourth-order valence-corrected chi connectivity index (χ4v) is 3.55. The largest absolute Gasteiger partial charge is 0.391 e. The van der Waals surface area contributed by atoms with E-state index >= 15 is 0 Å². The number of benzene rings is 1. The number of rotatable bonds is 5. The highest BCUT2D eigenvalue weighted by Gasteiger charge is 2.23. The van der Waals surface area contributed by atoms with E-state index in [-0.39, 0.29) is 6.54 Å². The van der Waals surface area contributed by atoms with E-state index in [0.29, 0.717) is 5.01 Å². The zero-order valence-corrected chi connectivity index (χ0v) is 12.6. The Balaban J connectivity index is 2.27. The second-order valence-electron chi connectivity index (χ2n) is 4.19. The average molecular weight is 334 g/mol. The molecule has 9 heteroatoms. The first-order valence-electron chi connectivity index (χ1n) is 5.84. The molecule has 114 valence electrons. The van der Waals surface area contributed by atoms with Crippen LogP contribution in [0, 0.1) is 18.6 Å². The van der Waals surface area contributed by atoms with Gasteiger partial charge in [-0.25, -0.2) is 26.9 Å². The van der Waals surface area contributed by atoms with Crippen LogP contribution in [0.25, 0.3) is 0 Å². The molecule has 1 heterocycles. The van der Waals surface area contributed by atoms with Gasteiger partial charge in [0.25, 0.3) is 0 Å². The highest BCUT2D eigenvalue weighted by Crippen LogP contribution is 2.21. The van der Waals surface area contributed by atoms with Gasteiger partial charge < -0.3 is 5.11 Å². The lowest BCUT2D eigenvalue weighted by atomic mass is 10.2. The van der Waals surface area contributed by atoms with Gasteiger partial charge in [0.05, 0.1) is 18.7 Å². The molecule has 0 bridgehead atoms. The number of halogens is 2. The average Bonchev–Trinajstić information content (AvgIpc) is 2.83. The molecule has 0 aliphatic heterocycles. The number of nitrogens with zero attached hydrogens (tertiary/aromatic N) is 1. The van der Waals surface area contributed by atoms with E-state index < -0.39 is 38.7 Å². The molecule has 0 spiro atoms. The lowest BCUT2D eigenvalue weighted by molar-refractivity contribution is 0.267. The van der Waals surface area contributed by atoms with Crippen molar-refractivity contribution >= 4 is 21.4 Å². The Labute approximate surface area is 124 Å². The summed E-state index contributed by atoms with van der Waals surface area (Å²) in [4.78, 5) is 4.19. The van der Waals surface area contributed by atoms with Crippen LogP contribution in [-0.2, 0) is 23.2 Å². The lowest BCUT2D eigenvalue weighted by Crippen LogP contribution is -2.24. The summed E-state index contributed by atoms with van der Waals surface area (Å²) < 4.78 is 53.4. The van der Waals surface area contributed by atoms with Crippen LogP contribution in [0.4, 0.5) is 8.78 Å². The second-order valence-corrected chi connectivity index (χ2v) is 7.24. The minimum Gasteiger partial charge on any atom is -0.391 e. The van der Waals surface area contributed by atoms with Crippen molar-refractivity contribution in [3.63, 3.8) is 0 Å². The topological polar surface area (TPSA) is 79.3 Å². The molecule has 0 amide bonds. The minimum atomic E-state index is -4.17. The molecule has 1 aromatic carbocycles. The van der Waals surface area contributed by atoms with E-state index in [1.54, 1.807) is 6.20 Å². The monoisotopic (exact) mass is 334 g/mol. The van der Waals surface area contributed by atoms with Crippen LogP contribution in [0.15, 0.2) is 23.2 Å². The summed E-state index contributed by atoms with van der Waals surface area (Å²) in [6.07, 6.45) is 1.59. The van der Waals surface area contributed by atoms with E-state index in [9.17, 15) is 17.2 Å². The summed E-state index contributed by atoms with van der Waals surface area (Å²) in [6.45, 7) is 0.807. The van der Waals surface area contributed by atoms with Gasteiger partial charge in [-0.2, -0.15) is 0 Å². The highest BCUT2D eigenvalue weighted by molar-refractivity contribution is 7.89. The van der Waals surface area contributed by atoms with E-state index in [1.807, 2.05) is 6.92 Å². The minimum absolute atomic E-state index is 0.0912. The lowest BCUT2D eigenvalue weighted by Gasteiger charge is -2.09. The number of aliphatic hydroxyl groups excluding tert-OH is 1. The highest BCUT2D eigenvalue weighted by atomic mass is 32.2. The van der Waals surface area contributed by atoms with Gasteiger partial charge in [0.1, 0.15) is 15.7 Å². The Hall–Kier alpha value is -1.42. The number of aromatic nitrogens is 1. The van der Waals surface area contributed by atoms with Gasteiger partial charge in [-0.1, -0.05) is 0 Å². The predicted molar refractivity (Wildman–Crippen MR) is 73.2 cm³/mol. The first kappa shape index (κ1) is 16.0. The molecule has 21 heavy (non-hydrogen) atoms. The molecule has 5 nitrogen and oxygen atoms in total. The Kier molecular flexibility index (Phi) is 4.67. The molecule has 0 aliphatic rings. The molecule has 1 aromatic heterocycles. The summed E-state index contributed by atoms with van der Waals surface area (Å²) in [5.41, 5.74) is -0.678. The third-order valence-electron chi connectivity index (χ3n) is 2.68. The Morgan fingerprint density at radius 2 is 2.10 bits per heavy atom. The van der Waals surface area contributed by atoms with E-state index in [4.69, 9.17) is 5.11 Å². The summed E-state index contributed by atoms with van der Waals surface area (Å²) in [7, 11) is -4.17. The summed E-state index contributed by atoms with van der Waals surface area (Å²) in [5.74, 6) is -2.29. The quantitative estimate of drug-likeness (QED) is 0.872. The number of nitrogens with one attached hydrogen (secondary N) is 1. The Morgan fingerprint density at radius 3 is 2.67 bits per heavy atom. The standard InChI is InChI=1S/C12H12F2N2O3S2/c1-7-4-15-11(20-7)5-16-21(18,19)10-3-2-9(13)8(6-17)12(10)14/h2-4,16-17H,5-6H2,1H3. The van der Waals surface area contributed by atoms with Crippen LogP contribution in [0.2, 0.25) is 0 Å². The maximum Gasteiger partial charge on any atom is 0.243 e. The number of sulfonamides is 1. The van der Waals surface area contributed by atoms with Crippen molar-refractivity contribution in [1.29, 1.82) is 0 Å². The van der Waals surface area contributed by atoms with E-state index in [1.165, 1.54) is 11.3 Å². The molecule has 0 saturated carbocycles. The fourth-order valence-electron chi connectivity index (χ4n) is 1.65. The van der Waals surface area contributed by atoms with Gasteiger partial charge >= 0.3 is 0 Å². The van der Waals surface area contributed by atoms with Gasteiger partial charge in [-0.15, -0.1) is 11.3 Å². The fraction of sp³-hybridized carbons (Fsp3) is 0.250. The molecule has 0 radical (unpaired) electrons. The van der Waals surface area contributed by atoms with Crippen LogP contribution in [0.3, 0.4) is 0 Å². The molecule has 0 fully saturated rings. The molecule has 0 atom stereocenters. The summed E-state index contributed by atoms with van der Waals surface area (Å²) in [5, 5.41) is 9.43. The Morgan fingerprint density at radius 1 is 1.38 bits per heavy atom. The van der Waals surface area contributed by atoms with Crippen molar-refractivity contribution in [1.82, 2.24) is 9.71 Å². The van der Waals surface area contributed by atoms with Crippen molar-refractivity contribution in [2.75, 3.05) is 0 Å². The van der Waals surface area contributed by atoms with Gasteiger partial charge in [-0.05, 0) is 19.1 Å². The first-order chi connectivity index (χ1) is 9.85. The Bertz CT molecular complexity index is 760. The van der Waals surface area contributed by atoms with E-state index in [2.05, 4.69) is 9.71 Å². The number of aryl methyl sites for hydroxylation is 1. The molecular weight excluding hydrogens is 322 g/mol. The summed E-state index contributed by atoms with van der Waals surface area (Å²) in [6, 6.07) is 1.62. The van der Waals surface area contributed by atoms with Gasteiger partial charge in [-0.3, -0.25) is 0 Å². The van der Waals surface area contributed by atoms with Gasteiger partial charge in [0.15, 0.2) is 5.82 Å².